The molecule has 0 radical (unpaired) electrons. The molecule has 0 spiro atoms. The third kappa shape index (κ3) is 3.65. The van der Waals surface area contributed by atoms with E-state index in [1.165, 1.54) is 0 Å². The first-order chi connectivity index (χ1) is 10.6. The largest absolute Gasteiger partial charge is 0.338 e. The highest BCUT2D eigenvalue weighted by Gasteiger charge is 2.19. The van der Waals surface area contributed by atoms with Gasteiger partial charge in [-0.1, -0.05) is 24.2 Å². The van der Waals surface area contributed by atoms with Crippen molar-refractivity contribution in [2.75, 3.05) is 6.54 Å². The van der Waals surface area contributed by atoms with Crippen molar-refractivity contribution in [3.63, 3.8) is 0 Å². The summed E-state index contributed by atoms with van der Waals surface area (Å²) < 4.78 is 5.00. The average molecular weight is 322 g/mol. The Bertz CT molecular complexity index is 640. The molecule has 0 fully saturated rings. The van der Waals surface area contributed by atoms with Crippen LogP contribution in [0.25, 0.3) is 11.4 Å². The standard InChI is InChI=1S/C16H20ClN3O2/c1-4-8-20(11(2)3)16(21)13-7-5-6-12(9-13)15-18-14(10-17)22-19-15/h5-7,9,11H,4,8,10H2,1-3H3. The summed E-state index contributed by atoms with van der Waals surface area (Å²) in [5, 5.41) is 3.88. The summed E-state index contributed by atoms with van der Waals surface area (Å²) in [6.45, 7) is 6.83. The molecule has 0 saturated carbocycles. The predicted octanol–water partition coefficient (Wildman–Crippen LogP) is 3.74. The molecule has 0 N–H and O–H groups in total. The van der Waals surface area contributed by atoms with Gasteiger partial charge >= 0.3 is 0 Å². The lowest BCUT2D eigenvalue weighted by Crippen LogP contribution is -2.37. The molecule has 5 nitrogen and oxygen atoms in total. The van der Waals surface area contributed by atoms with Crippen LogP contribution in [0.1, 0.15) is 43.4 Å². The summed E-state index contributed by atoms with van der Waals surface area (Å²) >= 11 is 5.66. The van der Waals surface area contributed by atoms with Gasteiger partial charge in [-0.2, -0.15) is 4.98 Å². The van der Waals surface area contributed by atoms with Crippen LogP contribution in [0.4, 0.5) is 0 Å². The van der Waals surface area contributed by atoms with Gasteiger partial charge in [0.25, 0.3) is 5.91 Å². The van der Waals surface area contributed by atoms with E-state index in [9.17, 15) is 4.79 Å². The molecule has 0 aliphatic carbocycles. The number of halogens is 1. The van der Waals surface area contributed by atoms with E-state index in [4.69, 9.17) is 16.1 Å². The minimum absolute atomic E-state index is 0.0137. The minimum Gasteiger partial charge on any atom is -0.338 e. The molecule has 1 heterocycles. The molecule has 1 aromatic carbocycles. The number of rotatable bonds is 6. The van der Waals surface area contributed by atoms with Crippen LogP contribution in [-0.2, 0) is 5.88 Å². The topological polar surface area (TPSA) is 59.2 Å². The van der Waals surface area contributed by atoms with E-state index < -0.39 is 0 Å². The van der Waals surface area contributed by atoms with E-state index in [-0.39, 0.29) is 17.8 Å². The van der Waals surface area contributed by atoms with Gasteiger partial charge in [0.05, 0.1) is 0 Å². The molecule has 0 aliphatic rings. The molecule has 1 amide bonds. The Hall–Kier alpha value is -1.88. The Kier molecular flexibility index (Phi) is 5.55. The highest BCUT2D eigenvalue weighted by molar-refractivity contribution is 6.16. The third-order valence-corrected chi connectivity index (χ3v) is 3.53. The van der Waals surface area contributed by atoms with Crippen LogP contribution in [0.3, 0.4) is 0 Å². The number of nitrogens with zero attached hydrogens (tertiary/aromatic N) is 3. The maximum atomic E-state index is 12.7. The number of alkyl halides is 1. The number of hydrogen-bond donors (Lipinski definition) is 0. The Morgan fingerprint density at radius 2 is 2.18 bits per heavy atom. The number of benzene rings is 1. The maximum Gasteiger partial charge on any atom is 0.254 e. The molecule has 6 heteroatoms. The van der Waals surface area contributed by atoms with E-state index in [0.717, 1.165) is 18.5 Å². The molecular formula is C16H20ClN3O2. The van der Waals surface area contributed by atoms with Crippen LogP contribution in [0.5, 0.6) is 0 Å². The van der Waals surface area contributed by atoms with Gasteiger partial charge in [0.2, 0.25) is 11.7 Å². The number of carbonyl (C=O) groups is 1. The van der Waals surface area contributed by atoms with Crippen LogP contribution in [0, 0.1) is 0 Å². The highest BCUT2D eigenvalue weighted by Crippen LogP contribution is 2.19. The number of carbonyl (C=O) groups excluding carboxylic acids is 1. The first-order valence-electron chi connectivity index (χ1n) is 7.36. The molecule has 0 aliphatic heterocycles. The van der Waals surface area contributed by atoms with Gasteiger partial charge in [-0.15, -0.1) is 11.6 Å². The van der Waals surface area contributed by atoms with Gasteiger partial charge in [-0.3, -0.25) is 4.79 Å². The second-order valence-corrected chi connectivity index (χ2v) is 5.59. The Morgan fingerprint density at radius 3 is 2.77 bits per heavy atom. The zero-order chi connectivity index (χ0) is 16.1. The van der Waals surface area contributed by atoms with Crippen molar-refractivity contribution >= 4 is 17.5 Å². The van der Waals surface area contributed by atoms with Gasteiger partial charge in [0, 0.05) is 23.7 Å². The van der Waals surface area contributed by atoms with Crippen molar-refractivity contribution in [1.82, 2.24) is 15.0 Å². The molecule has 0 saturated heterocycles. The number of amides is 1. The molecule has 1 aromatic heterocycles. The molecule has 0 bridgehead atoms. The smallest absolute Gasteiger partial charge is 0.254 e. The second kappa shape index (κ2) is 7.40. The Labute approximate surface area is 135 Å². The summed E-state index contributed by atoms with van der Waals surface area (Å²) in [4.78, 5) is 18.7. The van der Waals surface area contributed by atoms with Crippen LogP contribution in [-0.4, -0.2) is 33.5 Å². The van der Waals surface area contributed by atoms with Crippen LogP contribution in [0.2, 0.25) is 0 Å². The van der Waals surface area contributed by atoms with E-state index in [1.807, 2.05) is 30.9 Å². The summed E-state index contributed by atoms with van der Waals surface area (Å²) in [5.74, 6) is 0.989. The van der Waals surface area contributed by atoms with Crippen LogP contribution >= 0.6 is 11.6 Å². The van der Waals surface area contributed by atoms with Crippen molar-refractivity contribution in [1.29, 1.82) is 0 Å². The molecule has 2 aromatic rings. The van der Waals surface area contributed by atoms with E-state index in [1.54, 1.807) is 12.1 Å². The normalized spacial score (nSPS) is 11.0. The summed E-state index contributed by atoms with van der Waals surface area (Å²) in [6, 6.07) is 7.42. The highest BCUT2D eigenvalue weighted by atomic mass is 35.5. The van der Waals surface area contributed by atoms with Gasteiger partial charge in [-0.25, -0.2) is 0 Å². The number of hydrogen-bond acceptors (Lipinski definition) is 4. The molecule has 0 atom stereocenters. The lowest BCUT2D eigenvalue weighted by Gasteiger charge is -2.26. The molecule has 118 valence electrons. The van der Waals surface area contributed by atoms with Crippen molar-refractivity contribution < 1.29 is 9.32 Å². The summed E-state index contributed by atoms with van der Waals surface area (Å²) in [6.07, 6.45) is 0.924. The minimum atomic E-state index is 0.0137. The van der Waals surface area contributed by atoms with E-state index in [2.05, 4.69) is 17.1 Å². The summed E-state index contributed by atoms with van der Waals surface area (Å²) in [5.41, 5.74) is 1.36. The fourth-order valence-electron chi connectivity index (χ4n) is 2.22. The van der Waals surface area contributed by atoms with E-state index >= 15 is 0 Å². The van der Waals surface area contributed by atoms with Gasteiger partial charge in [0.1, 0.15) is 5.88 Å². The quantitative estimate of drug-likeness (QED) is 0.760. The Morgan fingerprint density at radius 1 is 1.41 bits per heavy atom. The van der Waals surface area contributed by atoms with Crippen molar-refractivity contribution in [2.45, 2.75) is 39.1 Å². The van der Waals surface area contributed by atoms with Gasteiger partial charge < -0.3 is 9.42 Å². The lowest BCUT2D eigenvalue weighted by molar-refractivity contribution is 0.0706. The number of aromatic nitrogens is 2. The van der Waals surface area contributed by atoms with E-state index in [0.29, 0.717) is 17.3 Å². The second-order valence-electron chi connectivity index (χ2n) is 5.32. The molecule has 0 unspecified atom stereocenters. The molecule has 22 heavy (non-hydrogen) atoms. The fraction of sp³-hybridized carbons (Fsp3) is 0.438. The monoisotopic (exact) mass is 321 g/mol. The van der Waals surface area contributed by atoms with Crippen LogP contribution < -0.4 is 0 Å². The van der Waals surface area contributed by atoms with Gasteiger partial charge in [0.15, 0.2) is 0 Å². The van der Waals surface area contributed by atoms with Crippen LogP contribution in [0.15, 0.2) is 28.8 Å². The van der Waals surface area contributed by atoms with Crippen molar-refractivity contribution in [2.24, 2.45) is 0 Å². The first kappa shape index (κ1) is 16.5. The fourth-order valence-corrected chi connectivity index (χ4v) is 2.33. The van der Waals surface area contributed by atoms with Crippen molar-refractivity contribution in [3.05, 3.63) is 35.7 Å². The first-order valence-corrected chi connectivity index (χ1v) is 7.90. The lowest BCUT2D eigenvalue weighted by atomic mass is 10.1. The maximum absolute atomic E-state index is 12.7. The Balaban J connectivity index is 2.29. The predicted molar refractivity (Wildman–Crippen MR) is 85.8 cm³/mol. The average Bonchev–Trinajstić information content (AvgIpc) is 3.01. The zero-order valence-corrected chi connectivity index (χ0v) is 13.8. The zero-order valence-electron chi connectivity index (χ0n) is 13.0. The summed E-state index contributed by atoms with van der Waals surface area (Å²) in [7, 11) is 0. The third-order valence-electron chi connectivity index (χ3n) is 3.30. The molecule has 2 rings (SSSR count). The van der Waals surface area contributed by atoms with Crippen molar-refractivity contribution in [3.8, 4) is 11.4 Å². The van der Waals surface area contributed by atoms with Gasteiger partial charge in [-0.05, 0) is 32.4 Å². The SMILES string of the molecule is CCCN(C(=O)c1cccc(-c2noc(CCl)n2)c1)C(C)C. The molecular weight excluding hydrogens is 302 g/mol.